The SMILES string of the molecule is CCCC(CC)SC1(N)CCCCC1. The molecule has 2 N–H and O–H groups in total. The molecule has 1 aliphatic rings. The minimum absolute atomic E-state index is 0.119. The topological polar surface area (TPSA) is 26.0 Å². The highest BCUT2D eigenvalue weighted by atomic mass is 32.2. The Bertz CT molecular complexity index is 152. The minimum atomic E-state index is 0.119. The summed E-state index contributed by atoms with van der Waals surface area (Å²) in [4.78, 5) is 0.119. The van der Waals surface area contributed by atoms with Gasteiger partial charge in [-0.2, -0.15) is 0 Å². The molecule has 0 radical (unpaired) electrons. The summed E-state index contributed by atoms with van der Waals surface area (Å²) in [6.45, 7) is 4.56. The van der Waals surface area contributed by atoms with Crippen molar-refractivity contribution in [1.82, 2.24) is 0 Å². The average Bonchev–Trinajstić information content (AvgIpc) is 2.18. The Morgan fingerprint density at radius 3 is 2.36 bits per heavy atom. The van der Waals surface area contributed by atoms with Gasteiger partial charge in [0.15, 0.2) is 0 Å². The molecular formula is C12H25NS. The van der Waals surface area contributed by atoms with Crippen LogP contribution in [0.4, 0.5) is 0 Å². The lowest BCUT2D eigenvalue weighted by Crippen LogP contribution is -2.39. The van der Waals surface area contributed by atoms with Crippen LogP contribution in [-0.4, -0.2) is 10.1 Å². The number of thioether (sulfide) groups is 1. The van der Waals surface area contributed by atoms with E-state index in [1.807, 2.05) is 0 Å². The summed E-state index contributed by atoms with van der Waals surface area (Å²) in [5, 5.41) is 0.795. The summed E-state index contributed by atoms with van der Waals surface area (Å²) in [7, 11) is 0. The van der Waals surface area contributed by atoms with Crippen molar-refractivity contribution < 1.29 is 0 Å². The van der Waals surface area contributed by atoms with Gasteiger partial charge in [-0.15, -0.1) is 11.8 Å². The molecule has 1 fully saturated rings. The number of hydrogen-bond donors (Lipinski definition) is 1. The molecule has 0 spiro atoms. The van der Waals surface area contributed by atoms with E-state index in [1.54, 1.807) is 0 Å². The van der Waals surface area contributed by atoms with Crippen LogP contribution in [0, 0.1) is 0 Å². The lowest BCUT2D eigenvalue weighted by molar-refractivity contribution is 0.405. The summed E-state index contributed by atoms with van der Waals surface area (Å²) in [5.41, 5.74) is 6.43. The molecule has 0 aromatic heterocycles. The minimum Gasteiger partial charge on any atom is -0.317 e. The first-order valence-electron chi connectivity index (χ1n) is 6.17. The fraction of sp³-hybridized carbons (Fsp3) is 1.00. The van der Waals surface area contributed by atoms with Gasteiger partial charge in [0.25, 0.3) is 0 Å². The van der Waals surface area contributed by atoms with Crippen LogP contribution in [0.5, 0.6) is 0 Å². The van der Waals surface area contributed by atoms with Gasteiger partial charge in [0.2, 0.25) is 0 Å². The molecule has 0 saturated heterocycles. The summed E-state index contributed by atoms with van der Waals surface area (Å²) in [5.74, 6) is 0. The van der Waals surface area contributed by atoms with E-state index in [0.717, 1.165) is 5.25 Å². The molecule has 1 nitrogen and oxygen atoms in total. The zero-order valence-electron chi connectivity index (χ0n) is 9.72. The van der Waals surface area contributed by atoms with Crippen LogP contribution in [0.2, 0.25) is 0 Å². The van der Waals surface area contributed by atoms with Crippen molar-refractivity contribution in [3.8, 4) is 0 Å². The van der Waals surface area contributed by atoms with Gasteiger partial charge in [-0.05, 0) is 25.7 Å². The van der Waals surface area contributed by atoms with Gasteiger partial charge in [0.05, 0.1) is 4.87 Å². The fourth-order valence-corrected chi connectivity index (χ4v) is 3.98. The zero-order valence-corrected chi connectivity index (χ0v) is 10.5. The molecule has 0 aliphatic heterocycles. The molecule has 2 heteroatoms. The molecule has 0 heterocycles. The van der Waals surface area contributed by atoms with Gasteiger partial charge in [0.1, 0.15) is 0 Å². The van der Waals surface area contributed by atoms with Crippen LogP contribution in [-0.2, 0) is 0 Å². The van der Waals surface area contributed by atoms with E-state index < -0.39 is 0 Å². The van der Waals surface area contributed by atoms with E-state index >= 15 is 0 Å². The molecule has 1 unspecified atom stereocenters. The Hall–Kier alpha value is 0.310. The summed E-state index contributed by atoms with van der Waals surface area (Å²) in [6.07, 6.45) is 10.4. The second-order valence-corrected chi connectivity index (χ2v) is 6.28. The number of hydrogen-bond acceptors (Lipinski definition) is 2. The second kappa shape index (κ2) is 6.02. The van der Waals surface area contributed by atoms with Gasteiger partial charge in [-0.1, -0.05) is 39.5 Å². The molecule has 1 rings (SSSR count). The number of rotatable bonds is 5. The van der Waals surface area contributed by atoms with Crippen LogP contribution in [0.1, 0.15) is 65.2 Å². The lowest BCUT2D eigenvalue weighted by Gasteiger charge is -2.35. The van der Waals surface area contributed by atoms with Crippen LogP contribution in [0.25, 0.3) is 0 Å². The van der Waals surface area contributed by atoms with Crippen LogP contribution < -0.4 is 5.73 Å². The monoisotopic (exact) mass is 215 g/mol. The Morgan fingerprint density at radius 2 is 1.86 bits per heavy atom. The molecule has 0 aromatic carbocycles. The molecule has 14 heavy (non-hydrogen) atoms. The van der Waals surface area contributed by atoms with Crippen molar-refractivity contribution in [1.29, 1.82) is 0 Å². The van der Waals surface area contributed by atoms with E-state index in [1.165, 1.54) is 51.4 Å². The molecule has 84 valence electrons. The smallest absolute Gasteiger partial charge is 0.0623 e. The van der Waals surface area contributed by atoms with Gasteiger partial charge < -0.3 is 5.73 Å². The maximum absolute atomic E-state index is 6.43. The Kier molecular flexibility index (Phi) is 5.32. The summed E-state index contributed by atoms with van der Waals surface area (Å²) < 4.78 is 0. The maximum atomic E-state index is 6.43. The van der Waals surface area contributed by atoms with Gasteiger partial charge in [-0.3, -0.25) is 0 Å². The number of nitrogens with two attached hydrogens (primary N) is 1. The van der Waals surface area contributed by atoms with Crippen molar-refractivity contribution in [2.24, 2.45) is 5.73 Å². The van der Waals surface area contributed by atoms with E-state index in [9.17, 15) is 0 Å². The third-order valence-electron chi connectivity index (χ3n) is 3.17. The molecular weight excluding hydrogens is 190 g/mol. The third kappa shape index (κ3) is 3.82. The normalized spacial score (nSPS) is 23.4. The summed E-state index contributed by atoms with van der Waals surface area (Å²) >= 11 is 2.07. The van der Waals surface area contributed by atoms with E-state index in [0.29, 0.717) is 0 Å². The summed E-state index contributed by atoms with van der Waals surface area (Å²) in [6, 6.07) is 0. The molecule has 1 saturated carbocycles. The highest BCUT2D eigenvalue weighted by Crippen LogP contribution is 2.39. The van der Waals surface area contributed by atoms with Crippen molar-refractivity contribution in [2.45, 2.75) is 75.3 Å². The van der Waals surface area contributed by atoms with Crippen LogP contribution in [0.3, 0.4) is 0 Å². The van der Waals surface area contributed by atoms with Crippen LogP contribution in [0.15, 0.2) is 0 Å². The average molecular weight is 215 g/mol. The van der Waals surface area contributed by atoms with E-state index in [-0.39, 0.29) is 4.87 Å². The van der Waals surface area contributed by atoms with Gasteiger partial charge >= 0.3 is 0 Å². The van der Waals surface area contributed by atoms with Crippen molar-refractivity contribution in [2.75, 3.05) is 0 Å². The van der Waals surface area contributed by atoms with Crippen molar-refractivity contribution in [3.05, 3.63) is 0 Å². The first kappa shape index (κ1) is 12.4. The second-order valence-electron chi connectivity index (χ2n) is 4.56. The third-order valence-corrected chi connectivity index (χ3v) is 4.95. The zero-order chi connectivity index (χ0) is 10.4. The quantitative estimate of drug-likeness (QED) is 0.704. The van der Waals surface area contributed by atoms with Crippen LogP contribution >= 0.6 is 11.8 Å². The van der Waals surface area contributed by atoms with Gasteiger partial charge in [-0.25, -0.2) is 0 Å². The highest BCUT2D eigenvalue weighted by Gasteiger charge is 2.30. The van der Waals surface area contributed by atoms with Crippen molar-refractivity contribution >= 4 is 11.8 Å². The molecule has 0 aromatic rings. The Balaban J connectivity index is 2.38. The molecule has 1 aliphatic carbocycles. The van der Waals surface area contributed by atoms with E-state index in [2.05, 4.69) is 25.6 Å². The first-order chi connectivity index (χ1) is 6.70. The predicted octanol–water partition coefficient (Wildman–Crippen LogP) is 3.92. The standard InChI is InChI=1S/C12H25NS/c1-3-8-11(4-2)14-12(13)9-6-5-7-10-12/h11H,3-10,13H2,1-2H3. The Morgan fingerprint density at radius 1 is 1.21 bits per heavy atom. The highest BCUT2D eigenvalue weighted by molar-refractivity contribution is 8.01. The van der Waals surface area contributed by atoms with Gasteiger partial charge in [0, 0.05) is 5.25 Å². The Labute approximate surface area is 93.2 Å². The first-order valence-corrected chi connectivity index (χ1v) is 7.05. The maximum Gasteiger partial charge on any atom is 0.0623 e. The molecule has 0 amide bonds. The van der Waals surface area contributed by atoms with E-state index in [4.69, 9.17) is 5.73 Å². The lowest BCUT2D eigenvalue weighted by atomic mass is 9.96. The molecule has 1 atom stereocenters. The molecule has 0 bridgehead atoms. The predicted molar refractivity (Wildman–Crippen MR) is 66.6 cm³/mol. The largest absolute Gasteiger partial charge is 0.317 e. The van der Waals surface area contributed by atoms with Crippen molar-refractivity contribution in [3.63, 3.8) is 0 Å². The fourth-order valence-electron chi connectivity index (χ4n) is 2.27.